The highest BCUT2D eigenvalue weighted by molar-refractivity contribution is 7.20. The Morgan fingerprint density at radius 1 is 1.20 bits per heavy atom. The number of hydrogen-bond donors (Lipinski definition) is 1. The summed E-state index contributed by atoms with van der Waals surface area (Å²) in [4.78, 5) is 0. The number of nitrogens with two attached hydrogens (primary N) is 1. The van der Waals surface area contributed by atoms with Gasteiger partial charge in [-0.2, -0.15) is 0 Å². The van der Waals surface area contributed by atoms with Crippen LogP contribution in [0.5, 0.6) is 0 Å². The maximum absolute atomic E-state index is 6.19. The number of nitrogens with zero attached hydrogens (tertiary/aromatic N) is 1. The fourth-order valence-electron chi connectivity index (χ4n) is 2.10. The molecule has 0 radical (unpaired) electrons. The smallest absolute Gasteiger partial charge is 0.179 e. The molecule has 0 aliphatic carbocycles. The van der Waals surface area contributed by atoms with Crippen molar-refractivity contribution in [1.29, 1.82) is 0 Å². The van der Waals surface area contributed by atoms with Crippen molar-refractivity contribution in [2.75, 3.05) is 5.73 Å². The number of aromatic nitrogens is 1. The second kappa shape index (κ2) is 5.13. The molecule has 102 valence electrons. The lowest BCUT2D eigenvalue weighted by Crippen LogP contribution is -1.90. The first kappa shape index (κ1) is 13.5. The standard InChI is InChI=1S/C14H10Cl2N2OS/c1-7-4-2-3-5-8(7)11-12(19-18-14(11)17)9-6-10(15)20-13(9)16/h2-6H,1H3,(H2,17,18). The Kier molecular flexibility index (Phi) is 3.46. The summed E-state index contributed by atoms with van der Waals surface area (Å²) in [6.45, 7) is 2.01. The van der Waals surface area contributed by atoms with Crippen LogP contribution in [0.1, 0.15) is 5.56 Å². The van der Waals surface area contributed by atoms with E-state index in [2.05, 4.69) is 5.16 Å². The molecule has 2 aromatic heterocycles. The van der Waals surface area contributed by atoms with Gasteiger partial charge < -0.3 is 10.3 Å². The monoisotopic (exact) mass is 324 g/mol. The summed E-state index contributed by atoms with van der Waals surface area (Å²) in [5.41, 5.74) is 9.48. The predicted molar refractivity (Wildman–Crippen MR) is 84.4 cm³/mol. The molecule has 20 heavy (non-hydrogen) atoms. The first-order valence-corrected chi connectivity index (χ1v) is 7.41. The average Bonchev–Trinajstić information content (AvgIpc) is 2.93. The molecule has 3 aromatic rings. The molecule has 0 unspecified atom stereocenters. The molecule has 2 heterocycles. The lowest BCUT2D eigenvalue weighted by Gasteiger charge is -2.05. The van der Waals surface area contributed by atoms with Crippen LogP contribution in [-0.4, -0.2) is 5.16 Å². The van der Waals surface area contributed by atoms with E-state index in [0.717, 1.165) is 16.7 Å². The van der Waals surface area contributed by atoms with Crippen LogP contribution in [0.25, 0.3) is 22.5 Å². The van der Waals surface area contributed by atoms with E-state index >= 15 is 0 Å². The Morgan fingerprint density at radius 3 is 2.60 bits per heavy atom. The normalized spacial score (nSPS) is 10.9. The van der Waals surface area contributed by atoms with Crippen molar-refractivity contribution >= 4 is 40.4 Å². The van der Waals surface area contributed by atoms with Gasteiger partial charge in [-0.05, 0) is 24.1 Å². The number of rotatable bonds is 2. The van der Waals surface area contributed by atoms with Gasteiger partial charge in [0.05, 0.1) is 15.5 Å². The van der Waals surface area contributed by atoms with Gasteiger partial charge in [-0.3, -0.25) is 0 Å². The second-order valence-electron chi connectivity index (χ2n) is 4.32. The van der Waals surface area contributed by atoms with E-state index in [-0.39, 0.29) is 0 Å². The maximum atomic E-state index is 6.19. The quantitative estimate of drug-likeness (QED) is 0.698. The van der Waals surface area contributed by atoms with Crippen LogP contribution in [0.15, 0.2) is 34.9 Å². The van der Waals surface area contributed by atoms with E-state index in [9.17, 15) is 0 Å². The number of halogens is 2. The molecule has 1 aromatic carbocycles. The van der Waals surface area contributed by atoms with Crippen molar-refractivity contribution in [3.05, 3.63) is 44.6 Å². The van der Waals surface area contributed by atoms with Gasteiger partial charge >= 0.3 is 0 Å². The summed E-state index contributed by atoms with van der Waals surface area (Å²) < 4.78 is 6.52. The van der Waals surface area contributed by atoms with Crippen molar-refractivity contribution < 1.29 is 4.52 Å². The molecule has 0 spiro atoms. The van der Waals surface area contributed by atoms with Gasteiger partial charge in [0, 0.05) is 0 Å². The van der Waals surface area contributed by atoms with Gasteiger partial charge in [0.25, 0.3) is 0 Å². The molecule has 0 fully saturated rings. The molecule has 0 aliphatic rings. The minimum atomic E-state index is 0.340. The van der Waals surface area contributed by atoms with E-state index in [1.165, 1.54) is 11.3 Å². The van der Waals surface area contributed by atoms with Crippen molar-refractivity contribution in [3.8, 4) is 22.5 Å². The van der Waals surface area contributed by atoms with Crippen LogP contribution in [0.3, 0.4) is 0 Å². The van der Waals surface area contributed by atoms with Crippen LogP contribution in [0.2, 0.25) is 8.67 Å². The number of anilines is 1. The number of benzene rings is 1. The lowest BCUT2D eigenvalue weighted by molar-refractivity contribution is 0.436. The molecule has 3 rings (SSSR count). The van der Waals surface area contributed by atoms with Gasteiger partial charge in [-0.25, -0.2) is 0 Å². The molecule has 3 nitrogen and oxygen atoms in total. The first-order valence-electron chi connectivity index (χ1n) is 5.84. The van der Waals surface area contributed by atoms with Crippen molar-refractivity contribution in [3.63, 3.8) is 0 Å². The van der Waals surface area contributed by atoms with Gasteiger partial charge in [0.2, 0.25) is 0 Å². The van der Waals surface area contributed by atoms with E-state index < -0.39 is 0 Å². The molecule has 0 saturated carbocycles. The molecule has 6 heteroatoms. The van der Waals surface area contributed by atoms with E-state index in [4.69, 9.17) is 33.5 Å². The Morgan fingerprint density at radius 2 is 1.95 bits per heavy atom. The average molecular weight is 325 g/mol. The highest BCUT2D eigenvalue weighted by atomic mass is 35.5. The Hall–Kier alpha value is -1.49. The zero-order valence-corrected chi connectivity index (χ0v) is 12.8. The van der Waals surface area contributed by atoms with Crippen molar-refractivity contribution in [2.24, 2.45) is 0 Å². The minimum absolute atomic E-state index is 0.340. The Labute approximate surface area is 129 Å². The van der Waals surface area contributed by atoms with Crippen molar-refractivity contribution in [1.82, 2.24) is 5.16 Å². The van der Waals surface area contributed by atoms with Gasteiger partial charge in [-0.1, -0.05) is 52.6 Å². The van der Waals surface area contributed by atoms with Gasteiger partial charge in [0.15, 0.2) is 11.6 Å². The number of aryl methyl sites for hydroxylation is 1. The summed E-state index contributed by atoms with van der Waals surface area (Å²) in [5, 5.41) is 3.87. The van der Waals surface area contributed by atoms with Gasteiger partial charge in [-0.15, -0.1) is 11.3 Å². The largest absolute Gasteiger partial charge is 0.380 e. The highest BCUT2D eigenvalue weighted by Crippen LogP contribution is 2.44. The van der Waals surface area contributed by atoms with Crippen LogP contribution in [0, 0.1) is 6.92 Å². The van der Waals surface area contributed by atoms with E-state index in [1.54, 1.807) is 6.07 Å². The fraction of sp³-hybridized carbons (Fsp3) is 0.0714. The molecular formula is C14H10Cl2N2OS. The second-order valence-corrected chi connectivity index (χ2v) is 6.61. The van der Waals surface area contributed by atoms with Crippen LogP contribution in [0.4, 0.5) is 5.82 Å². The zero-order valence-electron chi connectivity index (χ0n) is 10.5. The van der Waals surface area contributed by atoms with Crippen LogP contribution in [-0.2, 0) is 0 Å². The third-order valence-corrected chi connectivity index (χ3v) is 4.52. The summed E-state index contributed by atoms with van der Waals surface area (Å²) in [5.74, 6) is 0.887. The van der Waals surface area contributed by atoms with Crippen LogP contribution >= 0.6 is 34.5 Å². The third-order valence-electron chi connectivity index (χ3n) is 3.03. The molecule has 0 bridgehead atoms. The number of thiophene rings is 1. The molecular weight excluding hydrogens is 315 g/mol. The number of nitrogen functional groups attached to an aromatic ring is 1. The molecule has 0 saturated heterocycles. The molecule has 0 aliphatic heterocycles. The number of hydrogen-bond acceptors (Lipinski definition) is 4. The predicted octanol–water partition coefficient (Wildman–Crippen LogP) is 5.27. The maximum Gasteiger partial charge on any atom is 0.179 e. The highest BCUT2D eigenvalue weighted by Gasteiger charge is 2.22. The fourth-order valence-corrected chi connectivity index (χ4v) is 3.55. The van der Waals surface area contributed by atoms with E-state index in [1.807, 2.05) is 31.2 Å². The Balaban J connectivity index is 2.26. The topological polar surface area (TPSA) is 52.0 Å². The first-order chi connectivity index (χ1) is 9.58. The van der Waals surface area contributed by atoms with Gasteiger partial charge in [0.1, 0.15) is 4.34 Å². The van der Waals surface area contributed by atoms with Crippen LogP contribution < -0.4 is 5.73 Å². The SMILES string of the molecule is Cc1ccccc1-c1c(N)noc1-c1cc(Cl)sc1Cl. The molecule has 2 N–H and O–H groups in total. The van der Waals surface area contributed by atoms with Crippen molar-refractivity contribution in [2.45, 2.75) is 6.92 Å². The summed E-state index contributed by atoms with van der Waals surface area (Å²) in [6.07, 6.45) is 0. The molecule has 0 atom stereocenters. The molecule has 0 amide bonds. The Bertz CT molecular complexity index is 779. The summed E-state index contributed by atoms with van der Waals surface area (Å²) in [6, 6.07) is 9.66. The lowest BCUT2D eigenvalue weighted by atomic mass is 9.99. The summed E-state index contributed by atoms with van der Waals surface area (Å²) >= 11 is 13.5. The minimum Gasteiger partial charge on any atom is -0.380 e. The van der Waals surface area contributed by atoms with E-state index in [0.29, 0.717) is 25.8 Å². The summed E-state index contributed by atoms with van der Waals surface area (Å²) in [7, 11) is 0. The zero-order chi connectivity index (χ0) is 14.3. The third kappa shape index (κ3) is 2.20.